The number of nitrogens with zero attached hydrogens (tertiary/aromatic N) is 2. The van der Waals surface area contributed by atoms with Gasteiger partial charge in [0.2, 0.25) is 0 Å². The monoisotopic (exact) mass is 262 g/mol. The van der Waals surface area contributed by atoms with E-state index in [1.807, 2.05) is 6.92 Å². The molecule has 0 aliphatic carbocycles. The van der Waals surface area contributed by atoms with Crippen LogP contribution in [0.3, 0.4) is 0 Å². The molecule has 0 atom stereocenters. The molecule has 0 unspecified atom stereocenters. The molecule has 1 heterocycles. The molecule has 0 aliphatic heterocycles. The van der Waals surface area contributed by atoms with Crippen LogP contribution in [-0.2, 0) is 11.3 Å². The van der Waals surface area contributed by atoms with Crippen LogP contribution in [0.15, 0.2) is 30.5 Å². The molecule has 0 aliphatic rings. The number of fused-ring (bicyclic) bond motifs is 1. The Hall–Kier alpha value is -2.01. The Labute approximate surface area is 110 Å². The summed E-state index contributed by atoms with van der Waals surface area (Å²) in [5, 5.41) is 9.56. The zero-order chi connectivity index (χ0) is 13.8. The molecule has 100 valence electrons. The van der Waals surface area contributed by atoms with E-state index in [1.54, 1.807) is 23.2 Å². The minimum absolute atomic E-state index is 0.0681. The lowest BCUT2D eigenvalue weighted by Gasteiger charge is -2.18. The highest BCUT2D eigenvalue weighted by molar-refractivity contribution is 5.81. The van der Waals surface area contributed by atoms with E-state index in [0.717, 1.165) is 5.39 Å². The van der Waals surface area contributed by atoms with Crippen LogP contribution < -0.4 is 0 Å². The minimum atomic E-state index is -0.893. The van der Waals surface area contributed by atoms with Gasteiger partial charge >= 0.3 is 5.97 Å². The molecular formula is C14H15FN2O2. The molecule has 0 spiro atoms. The molecular weight excluding hydrogens is 247 g/mol. The van der Waals surface area contributed by atoms with Gasteiger partial charge in [-0.15, -0.1) is 0 Å². The van der Waals surface area contributed by atoms with E-state index in [1.165, 1.54) is 12.1 Å². The zero-order valence-corrected chi connectivity index (χ0v) is 10.6. The van der Waals surface area contributed by atoms with Gasteiger partial charge in [-0.1, -0.05) is 13.0 Å². The Balaban J connectivity index is 2.35. The van der Waals surface area contributed by atoms with Gasteiger partial charge in [0.15, 0.2) is 0 Å². The Morgan fingerprint density at radius 3 is 2.95 bits per heavy atom. The fourth-order valence-corrected chi connectivity index (χ4v) is 2.06. The maximum Gasteiger partial charge on any atom is 0.317 e. The van der Waals surface area contributed by atoms with Gasteiger partial charge in [0.25, 0.3) is 0 Å². The van der Waals surface area contributed by atoms with Crippen molar-refractivity contribution in [1.82, 2.24) is 9.88 Å². The van der Waals surface area contributed by atoms with Crippen molar-refractivity contribution in [1.29, 1.82) is 0 Å². The van der Waals surface area contributed by atoms with E-state index in [-0.39, 0.29) is 12.4 Å². The van der Waals surface area contributed by atoms with Crippen LogP contribution in [0.4, 0.5) is 4.39 Å². The molecule has 1 aromatic carbocycles. The molecule has 0 saturated carbocycles. The largest absolute Gasteiger partial charge is 0.480 e. The fourth-order valence-electron chi connectivity index (χ4n) is 2.06. The molecule has 2 rings (SSSR count). The first-order valence-electron chi connectivity index (χ1n) is 6.07. The predicted octanol–water partition coefficient (Wildman–Crippen LogP) is 2.28. The van der Waals surface area contributed by atoms with Crippen molar-refractivity contribution in [3.63, 3.8) is 0 Å². The molecule has 5 heteroatoms. The Bertz CT molecular complexity index is 601. The number of carboxylic acids is 1. The first-order chi connectivity index (χ1) is 9.10. The highest BCUT2D eigenvalue weighted by Gasteiger charge is 2.12. The van der Waals surface area contributed by atoms with Crippen LogP contribution in [0.2, 0.25) is 0 Å². The second kappa shape index (κ2) is 5.75. The summed E-state index contributed by atoms with van der Waals surface area (Å²) in [4.78, 5) is 16.7. The van der Waals surface area contributed by atoms with Crippen molar-refractivity contribution in [2.75, 3.05) is 13.1 Å². The molecule has 19 heavy (non-hydrogen) atoms. The van der Waals surface area contributed by atoms with Crippen molar-refractivity contribution in [3.05, 3.63) is 41.8 Å². The van der Waals surface area contributed by atoms with Crippen LogP contribution in [0.25, 0.3) is 10.9 Å². The van der Waals surface area contributed by atoms with E-state index in [9.17, 15) is 9.18 Å². The number of rotatable bonds is 5. The van der Waals surface area contributed by atoms with Crippen LogP contribution in [0, 0.1) is 5.82 Å². The van der Waals surface area contributed by atoms with Crippen LogP contribution in [0.5, 0.6) is 0 Å². The number of carboxylic acid groups (broad SMARTS) is 1. The smallest absolute Gasteiger partial charge is 0.317 e. The SMILES string of the molecule is CCN(CC(=O)O)Cc1cc(F)cc2cccnc12. The Morgan fingerprint density at radius 1 is 1.47 bits per heavy atom. The summed E-state index contributed by atoms with van der Waals surface area (Å²) in [6, 6.07) is 6.39. The Morgan fingerprint density at radius 2 is 2.26 bits per heavy atom. The number of hydrogen-bond acceptors (Lipinski definition) is 3. The van der Waals surface area contributed by atoms with Crippen LogP contribution >= 0.6 is 0 Å². The quantitative estimate of drug-likeness (QED) is 0.898. The number of pyridine rings is 1. The summed E-state index contributed by atoms with van der Waals surface area (Å²) < 4.78 is 13.6. The first kappa shape index (κ1) is 13.4. The lowest BCUT2D eigenvalue weighted by Crippen LogP contribution is -2.29. The number of likely N-dealkylation sites (N-methyl/N-ethyl adjacent to an activating group) is 1. The van der Waals surface area contributed by atoms with E-state index in [4.69, 9.17) is 5.11 Å². The number of aromatic nitrogens is 1. The summed E-state index contributed by atoms with van der Waals surface area (Å²) in [6.07, 6.45) is 1.65. The summed E-state index contributed by atoms with van der Waals surface area (Å²) >= 11 is 0. The third-order valence-corrected chi connectivity index (χ3v) is 2.95. The number of carbonyl (C=O) groups is 1. The van der Waals surface area contributed by atoms with Crippen molar-refractivity contribution in [3.8, 4) is 0 Å². The van der Waals surface area contributed by atoms with Crippen molar-refractivity contribution in [2.24, 2.45) is 0 Å². The van der Waals surface area contributed by atoms with Crippen LogP contribution in [0.1, 0.15) is 12.5 Å². The third-order valence-electron chi connectivity index (χ3n) is 2.95. The molecule has 1 aromatic heterocycles. The number of benzene rings is 1. The average Bonchev–Trinajstić information content (AvgIpc) is 2.37. The molecule has 0 saturated heterocycles. The highest BCUT2D eigenvalue weighted by Crippen LogP contribution is 2.19. The van der Waals surface area contributed by atoms with E-state index in [0.29, 0.717) is 24.2 Å². The molecule has 0 radical (unpaired) electrons. The van der Waals surface area contributed by atoms with Gasteiger partial charge in [0.05, 0.1) is 12.1 Å². The molecule has 4 nitrogen and oxygen atoms in total. The van der Waals surface area contributed by atoms with E-state index >= 15 is 0 Å². The molecule has 0 amide bonds. The summed E-state index contributed by atoms with van der Waals surface area (Å²) in [5.41, 5.74) is 1.42. The van der Waals surface area contributed by atoms with Crippen LogP contribution in [-0.4, -0.2) is 34.0 Å². The van der Waals surface area contributed by atoms with Crippen molar-refractivity contribution >= 4 is 16.9 Å². The predicted molar refractivity (Wildman–Crippen MR) is 70.3 cm³/mol. The Kier molecular flexibility index (Phi) is 4.06. The van der Waals surface area contributed by atoms with Gasteiger partial charge in [-0.25, -0.2) is 4.39 Å². The van der Waals surface area contributed by atoms with E-state index < -0.39 is 5.97 Å². The summed E-state index contributed by atoms with van der Waals surface area (Å²) in [6.45, 7) is 2.75. The molecule has 0 fully saturated rings. The average molecular weight is 262 g/mol. The summed E-state index contributed by atoms with van der Waals surface area (Å²) in [7, 11) is 0. The van der Waals surface area contributed by atoms with Gasteiger partial charge < -0.3 is 5.11 Å². The highest BCUT2D eigenvalue weighted by atomic mass is 19.1. The van der Waals surface area contributed by atoms with E-state index in [2.05, 4.69) is 4.98 Å². The lowest BCUT2D eigenvalue weighted by atomic mass is 10.1. The fraction of sp³-hybridized carbons (Fsp3) is 0.286. The molecule has 1 N–H and O–H groups in total. The van der Waals surface area contributed by atoms with Gasteiger partial charge in [0, 0.05) is 18.1 Å². The summed E-state index contributed by atoms with van der Waals surface area (Å²) in [5.74, 6) is -1.22. The maximum atomic E-state index is 13.6. The van der Waals surface area contributed by atoms with Crippen molar-refractivity contribution in [2.45, 2.75) is 13.5 Å². The zero-order valence-electron chi connectivity index (χ0n) is 10.6. The topological polar surface area (TPSA) is 53.4 Å². The first-order valence-corrected chi connectivity index (χ1v) is 6.07. The van der Waals surface area contributed by atoms with Gasteiger partial charge in [-0.3, -0.25) is 14.7 Å². The van der Waals surface area contributed by atoms with Crippen molar-refractivity contribution < 1.29 is 14.3 Å². The normalized spacial score (nSPS) is 11.1. The lowest BCUT2D eigenvalue weighted by molar-refractivity contribution is -0.138. The third kappa shape index (κ3) is 3.26. The number of halogens is 1. The van der Waals surface area contributed by atoms with Gasteiger partial charge in [-0.05, 0) is 30.3 Å². The van der Waals surface area contributed by atoms with Gasteiger partial charge in [0.1, 0.15) is 5.82 Å². The van der Waals surface area contributed by atoms with Gasteiger partial charge in [-0.2, -0.15) is 0 Å². The second-order valence-corrected chi connectivity index (χ2v) is 4.34. The standard InChI is InChI=1S/C14H15FN2O2/c1-2-17(9-13(18)19)8-11-7-12(15)6-10-4-3-5-16-14(10)11/h3-7H,2,8-9H2,1H3,(H,18,19). The second-order valence-electron chi connectivity index (χ2n) is 4.34. The number of aliphatic carboxylic acids is 1. The molecule has 0 bridgehead atoms. The molecule has 2 aromatic rings. The minimum Gasteiger partial charge on any atom is -0.480 e. The number of hydrogen-bond donors (Lipinski definition) is 1. The maximum absolute atomic E-state index is 13.6.